The Labute approximate surface area is 94.1 Å². The molecule has 1 rings (SSSR count). The number of hydrogen-bond donors (Lipinski definition) is 2. The summed E-state index contributed by atoms with van der Waals surface area (Å²) in [7, 11) is 0. The largest absolute Gasteiger partial charge is 0.478 e. The van der Waals surface area contributed by atoms with E-state index in [2.05, 4.69) is 0 Å². The number of nitrogens with one attached hydrogen (secondary N) is 1. The minimum absolute atomic E-state index is 0.262. The van der Waals surface area contributed by atoms with E-state index in [1.807, 2.05) is 0 Å². The van der Waals surface area contributed by atoms with Gasteiger partial charge in [-0.25, -0.2) is 4.79 Å². The van der Waals surface area contributed by atoms with Crippen molar-refractivity contribution in [2.24, 2.45) is 0 Å². The lowest BCUT2D eigenvalue weighted by Crippen LogP contribution is -2.30. The van der Waals surface area contributed by atoms with Crippen molar-refractivity contribution in [3.63, 3.8) is 0 Å². The summed E-state index contributed by atoms with van der Waals surface area (Å²) in [5.41, 5.74) is -0.470. The number of aryl methyl sites for hydroxylation is 1. The summed E-state index contributed by atoms with van der Waals surface area (Å²) in [5, 5.41) is 10.4. The van der Waals surface area contributed by atoms with Crippen LogP contribution >= 0.6 is 0 Å². The summed E-state index contributed by atoms with van der Waals surface area (Å²) >= 11 is 0. The van der Waals surface area contributed by atoms with E-state index < -0.39 is 18.1 Å². The molecule has 0 saturated heterocycles. The van der Waals surface area contributed by atoms with Crippen LogP contribution in [0.5, 0.6) is 0 Å². The zero-order valence-electron chi connectivity index (χ0n) is 8.63. The molecule has 7 heteroatoms. The van der Waals surface area contributed by atoms with Crippen LogP contribution in [0.1, 0.15) is 15.9 Å². The predicted molar refractivity (Wildman–Crippen MR) is 52.8 cm³/mol. The molecule has 0 unspecified atom stereocenters. The number of amides is 1. The van der Waals surface area contributed by atoms with Crippen LogP contribution in [0, 0.1) is 6.92 Å². The van der Waals surface area contributed by atoms with Gasteiger partial charge in [-0.1, -0.05) is 12.1 Å². The molecule has 1 aromatic carbocycles. The first-order chi connectivity index (χ1) is 7.73. The van der Waals surface area contributed by atoms with Gasteiger partial charge in [-0.2, -0.15) is 13.2 Å². The Morgan fingerprint density at radius 1 is 1.29 bits per heavy atom. The van der Waals surface area contributed by atoms with E-state index in [1.54, 1.807) is 0 Å². The van der Waals surface area contributed by atoms with E-state index in [0.717, 1.165) is 6.07 Å². The lowest BCUT2D eigenvalue weighted by atomic mass is 10.1. The van der Waals surface area contributed by atoms with Crippen LogP contribution in [0.15, 0.2) is 18.2 Å². The molecule has 17 heavy (non-hydrogen) atoms. The summed E-state index contributed by atoms with van der Waals surface area (Å²) in [6, 6.07) is 3.88. The van der Waals surface area contributed by atoms with Crippen molar-refractivity contribution in [1.82, 2.24) is 0 Å². The Morgan fingerprint density at radius 2 is 1.88 bits per heavy atom. The van der Waals surface area contributed by atoms with Gasteiger partial charge in [0.15, 0.2) is 0 Å². The van der Waals surface area contributed by atoms with E-state index in [-0.39, 0.29) is 16.8 Å². The molecule has 0 spiro atoms. The molecule has 0 radical (unpaired) electrons. The molecular weight excluding hydrogens is 239 g/mol. The molecule has 0 bridgehead atoms. The first kappa shape index (κ1) is 13.0. The van der Waals surface area contributed by atoms with Crippen LogP contribution in [0.25, 0.3) is 0 Å². The molecule has 0 aliphatic carbocycles. The molecule has 4 nitrogen and oxygen atoms in total. The summed E-state index contributed by atoms with van der Waals surface area (Å²) in [6.45, 7) is 1.42. The lowest BCUT2D eigenvalue weighted by molar-refractivity contribution is -0.167. The predicted octanol–water partition coefficient (Wildman–Crippen LogP) is 2.19. The van der Waals surface area contributed by atoms with Gasteiger partial charge in [0.25, 0.3) is 0 Å². The molecule has 0 aromatic heterocycles. The number of halogens is 3. The third-order valence-electron chi connectivity index (χ3n) is 1.99. The van der Waals surface area contributed by atoms with Crippen molar-refractivity contribution >= 4 is 17.6 Å². The van der Waals surface area contributed by atoms with E-state index in [1.165, 1.54) is 24.4 Å². The monoisotopic (exact) mass is 247 g/mol. The fraction of sp³-hybridized carbons (Fsp3) is 0.200. The maximum atomic E-state index is 12.0. The number of rotatable bonds is 2. The highest BCUT2D eigenvalue weighted by Crippen LogP contribution is 2.23. The van der Waals surface area contributed by atoms with Crippen molar-refractivity contribution in [2.75, 3.05) is 5.32 Å². The van der Waals surface area contributed by atoms with Gasteiger partial charge < -0.3 is 10.4 Å². The molecule has 1 amide bonds. The molecule has 0 saturated carbocycles. The van der Waals surface area contributed by atoms with Crippen molar-refractivity contribution in [3.8, 4) is 0 Å². The van der Waals surface area contributed by atoms with E-state index >= 15 is 0 Å². The van der Waals surface area contributed by atoms with Crippen LogP contribution < -0.4 is 5.32 Å². The number of carboxylic acid groups (broad SMARTS) is 1. The van der Waals surface area contributed by atoms with Gasteiger partial charge in [0.05, 0.1) is 11.3 Å². The number of carbonyl (C=O) groups is 2. The fourth-order valence-electron chi connectivity index (χ4n) is 1.25. The maximum absolute atomic E-state index is 12.0. The zero-order valence-corrected chi connectivity index (χ0v) is 8.63. The minimum Gasteiger partial charge on any atom is -0.478 e. The Balaban J connectivity index is 3.12. The number of aromatic carboxylic acids is 1. The SMILES string of the molecule is Cc1cccc(NC(=O)C(F)(F)F)c1C(=O)O. The van der Waals surface area contributed by atoms with Crippen LogP contribution in [0.2, 0.25) is 0 Å². The van der Waals surface area contributed by atoms with Crippen LogP contribution in [-0.4, -0.2) is 23.2 Å². The van der Waals surface area contributed by atoms with E-state index in [0.29, 0.717) is 0 Å². The van der Waals surface area contributed by atoms with Crippen molar-refractivity contribution in [2.45, 2.75) is 13.1 Å². The van der Waals surface area contributed by atoms with Crippen LogP contribution in [-0.2, 0) is 4.79 Å². The van der Waals surface area contributed by atoms with Crippen molar-refractivity contribution in [3.05, 3.63) is 29.3 Å². The zero-order chi connectivity index (χ0) is 13.2. The summed E-state index contributed by atoms with van der Waals surface area (Å²) in [4.78, 5) is 21.5. The standard InChI is InChI=1S/C10H8F3NO3/c1-5-3-2-4-6(7(5)8(15)16)14-9(17)10(11,12)13/h2-4H,1H3,(H,14,17)(H,15,16). The smallest absolute Gasteiger partial charge is 0.471 e. The second-order valence-corrected chi connectivity index (χ2v) is 3.25. The van der Waals surface area contributed by atoms with Gasteiger partial charge >= 0.3 is 18.1 Å². The Morgan fingerprint density at radius 3 is 2.35 bits per heavy atom. The summed E-state index contributed by atoms with van der Waals surface area (Å²) in [6.07, 6.45) is -5.06. The molecule has 0 aliphatic heterocycles. The van der Waals surface area contributed by atoms with Gasteiger partial charge in [-0.15, -0.1) is 0 Å². The van der Waals surface area contributed by atoms with Gasteiger partial charge in [0.1, 0.15) is 0 Å². The van der Waals surface area contributed by atoms with Gasteiger partial charge in [0.2, 0.25) is 0 Å². The average molecular weight is 247 g/mol. The molecule has 2 N–H and O–H groups in total. The Kier molecular flexibility index (Phi) is 3.40. The Hall–Kier alpha value is -2.05. The highest BCUT2D eigenvalue weighted by molar-refractivity contribution is 6.03. The molecule has 0 heterocycles. The summed E-state index contributed by atoms with van der Waals surface area (Å²) < 4.78 is 36.0. The molecular formula is C10H8F3NO3. The highest BCUT2D eigenvalue weighted by Gasteiger charge is 2.39. The number of carboxylic acids is 1. The quantitative estimate of drug-likeness (QED) is 0.841. The second-order valence-electron chi connectivity index (χ2n) is 3.25. The van der Waals surface area contributed by atoms with Gasteiger partial charge in [-0.05, 0) is 18.6 Å². The van der Waals surface area contributed by atoms with Crippen LogP contribution in [0.4, 0.5) is 18.9 Å². The van der Waals surface area contributed by atoms with Gasteiger partial charge in [0, 0.05) is 0 Å². The molecule has 0 fully saturated rings. The maximum Gasteiger partial charge on any atom is 0.471 e. The number of carbonyl (C=O) groups excluding carboxylic acids is 1. The number of benzene rings is 1. The average Bonchev–Trinajstić information content (AvgIpc) is 2.15. The fourth-order valence-corrected chi connectivity index (χ4v) is 1.25. The van der Waals surface area contributed by atoms with E-state index in [9.17, 15) is 22.8 Å². The molecule has 0 atom stereocenters. The first-order valence-electron chi connectivity index (χ1n) is 4.44. The molecule has 1 aromatic rings. The second kappa shape index (κ2) is 4.44. The number of alkyl halides is 3. The van der Waals surface area contributed by atoms with Crippen molar-refractivity contribution < 1.29 is 27.9 Å². The first-order valence-corrected chi connectivity index (χ1v) is 4.44. The third kappa shape index (κ3) is 2.96. The van der Waals surface area contributed by atoms with Crippen LogP contribution in [0.3, 0.4) is 0 Å². The topological polar surface area (TPSA) is 66.4 Å². The van der Waals surface area contributed by atoms with Crippen molar-refractivity contribution in [1.29, 1.82) is 0 Å². The lowest BCUT2D eigenvalue weighted by Gasteiger charge is -2.11. The normalized spacial score (nSPS) is 11.1. The molecule has 0 aliphatic rings. The third-order valence-corrected chi connectivity index (χ3v) is 1.99. The minimum atomic E-state index is -5.06. The van der Waals surface area contributed by atoms with E-state index in [4.69, 9.17) is 5.11 Å². The molecule has 92 valence electrons. The Bertz CT molecular complexity index is 468. The highest BCUT2D eigenvalue weighted by atomic mass is 19.4. The number of hydrogen-bond acceptors (Lipinski definition) is 2. The number of anilines is 1. The summed E-state index contributed by atoms with van der Waals surface area (Å²) in [5.74, 6) is -3.61. The van der Waals surface area contributed by atoms with Gasteiger partial charge in [-0.3, -0.25) is 4.79 Å².